The number of hydrogen-bond donors (Lipinski definition) is 2. The molecule has 0 saturated heterocycles. The summed E-state index contributed by atoms with van der Waals surface area (Å²) in [4.78, 5) is 22.5. The average molecular weight is 426 g/mol. The number of halogens is 1. The molecule has 2 N–H and O–H groups in total. The molecular formula is C23H28FN5O2. The van der Waals surface area contributed by atoms with E-state index >= 15 is 0 Å². The molecule has 3 aromatic rings. The van der Waals surface area contributed by atoms with Crippen LogP contribution >= 0.6 is 0 Å². The summed E-state index contributed by atoms with van der Waals surface area (Å²) in [6, 6.07) is 6.87. The van der Waals surface area contributed by atoms with Crippen LogP contribution in [0, 0.1) is 5.82 Å². The third kappa shape index (κ3) is 4.35. The summed E-state index contributed by atoms with van der Waals surface area (Å²) in [5.74, 6) is 1.36. The van der Waals surface area contributed by atoms with E-state index in [0.29, 0.717) is 36.1 Å². The van der Waals surface area contributed by atoms with Crippen LogP contribution in [0.25, 0.3) is 11.0 Å². The highest BCUT2D eigenvalue weighted by Crippen LogP contribution is 2.40. The molecule has 1 aromatic carbocycles. The minimum atomic E-state index is -0.358. The van der Waals surface area contributed by atoms with Crippen molar-refractivity contribution < 1.29 is 13.7 Å². The van der Waals surface area contributed by atoms with E-state index in [9.17, 15) is 9.18 Å². The minimum absolute atomic E-state index is 0.129. The Morgan fingerprint density at radius 1 is 1.29 bits per heavy atom. The van der Waals surface area contributed by atoms with Crippen molar-refractivity contribution in [2.45, 2.75) is 70.0 Å². The lowest BCUT2D eigenvalue weighted by Gasteiger charge is -2.37. The SMILES string of the molecule is CCN(C(=O)c1nc2cc(F)ccc2[nH]1)[C@H]1CCC[C@@H](NCc2cc(C3CC3)on2)C1. The number of rotatable bonds is 7. The van der Waals surface area contributed by atoms with Gasteiger partial charge in [-0.15, -0.1) is 0 Å². The second-order valence-electron chi connectivity index (χ2n) is 8.73. The first-order valence-electron chi connectivity index (χ1n) is 11.3. The van der Waals surface area contributed by atoms with Crippen molar-refractivity contribution in [3.8, 4) is 0 Å². The molecule has 2 fully saturated rings. The lowest BCUT2D eigenvalue weighted by molar-refractivity contribution is 0.0617. The third-order valence-electron chi connectivity index (χ3n) is 6.47. The summed E-state index contributed by atoms with van der Waals surface area (Å²) in [7, 11) is 0. The fourth-order valence-electron chi connectivity index (χ4n) is 4.64. The van der Waals surface area contributed by atoms with E-state index in [1.165, 1.54) is 25.0 Å². The molecule has 0 unspecified atom stereocenters. The van der Waals surface area contributed by atoms with Gasteiger partial charge in [-0.05, 0) is 57.6 Å². The monoisotopic (exact) mass is 425 g/mol. The highest BCUT2D eigenvalue weighted by Gasteiger charge is 2.31. The second kappa shape index (κ2) is 8.42. The largest absolute Gasteiger partial charge is 0.361 e. The number of hydrogen-bond acceptors (Lipinski definition) is 5. The molecule has 2 saturated carbocycles. The molecule has 0 spiro atoms. The molecule has 2 aliphatic carbocycles. The Kier molecular flexibility index (Phi) is 5.48. The third-order valence-corrected chi connectivity index (χ3v) is 6.47. The molecule has 2 atom stereocenters. The van der Waals surface area contributed by atoms with Crippen molar-refractivity contribution in [3.05, 3.63) is 47.4 Å². The number of imidazole rings is 1. The molecule has 0 aliphatic heterocycles. The first kappa shape index (κ1) is 20.2. The van der Waals surface area contributed by atoms with Gasteiger partial charge >= 0.3 is 0 Å². The maximum absolute atomic E-state index is 13.5. The van der Waals surface area contributed by atoms with E-state index in [1.807, 2.05) is 11.8 Å². The predicted octanol–water partition coefficient (Wildman–Crippen LogP) is 4.13. The molecule has 0 radical (unpaired) electrons. The number of benzene rings is 1. The van der Waals surface area contributed by atoms with E-state index in [-0.39, 0.29) is 23.6 Å². The zero-order valence-corrected chi connectivity index (χ0v) is 17.7. The van der Waals surface area contributed by atoms with Crippen molar-refractivity contribution in [2.75, 3.05) is 6.54 Å². The van der Waals surface area contributed by atoms with Gasteiger partial charge in [0.05, 0.1) is 16.7 Å². The van der Waals surface area contributed by atoms with E-state index in [4.69, 9.17) is 4.52 Å². The molecule has 1 amide bonds. The van der Waals surface area contributed by atoms with Crippen molar-refractivity contribution >= 4 is 16.9 Å². The van der Waals surface area contributed by atoms with Crippen LogP contribution in [-0.2, 0) is 6.54 Å². The zero-order chi connectivity index (χ0) is 21.4. The molecule has 0 bridgehead atoms. The highest BCUT2D eigenvalue weighted by molar-refractivity contribution is 5.94. The van der Waals surface area contributed by atoms with Gasteiger partial charge in [-0.25, -0.2) is 9.37 Å². The quantitative estimate of drug-likeness (QED) is 0.594. The number of aromatic nitrogens is 3. The first-order chi connectivity index (χ1) is 15.1. The van der Waals surface area contributed by atoms with E-state index < -0.39 is 0 Å². The van der Waals surface area contributed by atoms with Crippen LogP contribution in [0.15, 0.2) is 28.8 Å². The van der Waals surface area contributed by atoms with Gasteiger partial charge in [0.25, 0.3) is 5.91 Å². The minimum Gasteiger partial charge on any atom is -0.361 e. The summed E-state index contributed by atoms with van der Waals surface area (Å²) < 4.78 is 18.9. The summed E-state index contributed by atoms with van der Waals surface area (Å²) in [5, 5.41) is 7.79. The van der Waals surface area contributed by atoms with Crippen LogP contribution < -0.4 is 5.32 Å². The van der Waals surface area contributed by atoms with Crippen molar-refractivity contribution in [1.29, 1.82) is 0 Å². The van der Waals surface area contributed by atoms with Gasteiger partial charge in [0.2, 0.25) is 0 Å². The van der Waals surface area contributed by atoms with E-state index in [1.54, 1.807) is 6.07 Å². The smallest absolute Gasteiger partial charge is 0.289 e. The number of carbonyl (C=O) groups excluding carboxylic acids is 1. The van der Waals surface area contributed by atoms with Gasteiger partial charge < -0.3 is 19.7 Å². The zero-order valence-electron chi connectivity index (χ0n) is 17.7. The second-order valence-corrected chi connectivity index (χ2v) is 8.73. The van der Waals surface area contributed by atoms with Crippen LogP contribution in [0.1, 0.15) is 73.4 Å². The predicted molar refractivity (Wildman–Crippen MR) is 114 cm³/mol. The van der Waals surface area contributed by atoms with Crippen LogP contribution in [0.2, 0.25) is 0 Å². The van der Waals surface area contributed by atoms with Gasteiger partial charge in [-0.1, -0.05) is 5.16 Å². The molecule has 7 nitrogen and oxygen atoms in total. The van der Waals surface area contributed by atoms with Gasteiger partial charge in [-0.3, -0.25) is 4.79 Å². The van der Waals surface area contributed by atoms with Gasteiger partial charge in [0.1, 0.15) is 11.6 Å². The molecular weight excluding hydrogens is 397 g/mol. The average Bonchev–Trinajstić information content (AvgIpc) is 3.36. The molecule has 8 heteroatoms. The Balaban J connectivity index is 1.23. The Hall–Kier alpha value is -2.74. The molecule has 2 heterocycles. The number of nitrogens with zero attached hydrogens (tertiary/aromatic N) is 3. The summed E-state index contributed by atoms with van der Waals surface area (Å²) in [5.41, 5.74) is 2.09. The summed E-state index contributed by atoms with van der Waals surface area (Å²) in [6.45, 7) is 3.28. The highest BCUT2D eigenvalue weighted by atomic mass is 19.1. The fourth-order valence-corrected chi connectivity index (χ4v) is 4.64. The molecule has 164 valence electrons. The Morgan fingerprint density at radius 3 is 2.97 bits per heavy atom. The van der Waals surface area contributed by atoms with Crippen molar-refractivity contribution in [3.63, 3.8) is 0 Å². The lowest BCUT2D eigenvalue weighted by atomic mass is 9.89. The number of nitrogens with one attached hydrogen (secondary N) is 2. The van der Waals surface area contributed by atoms with Gasteiger partial charge in [0, 0.05) is 43.2 Å². The molecule has 2 aliphatic rings. The number of amides is 1. The van der Waals surface area contributed by atoms with Crippen molar-refractivity contribution in [2.24, 2.45) is 0 Å². The van der Waals surface area contributed by atoms with Gasteiger partial charge in [-0.2, -0.15) is 0 Å². The Bertz CT molecular complexity index is 1070. The van der Waals surface area contributed by atoms with Crippen LogP contribution in [0.5, 0.6) is 0 Å². The van der Waals surface area contributed by atoms with Crippen LogP contribution in [0.3, 0.4) is 0 Å². The molecule has 5 rings (SSSR count). The normalized spacial score (nSPS) is 21.5. The topological polar surface area (TPSA) is 87.0 Å². The summed E-state index contributed by atoms with van der Waals surface area (Å²) >= 11 is 0. The van der Waals surface area contributed by atoms with Gasteiger partial charge in [0.15, 0.2) is 5.82 Å². The standard InChI is InChI=1S/C23H28FN5O2/c1-2-29(23(30)22-26-19-9-8-15(24)10-20(19)27-22)18-5-3-4-16(11-18)25-13-17-12-21(31-28-17)14-6-7-14/h8-10,12,14,16,18,25H,2-7,11,13H2,1H3,(H,26,27)/t16-,18+/m1/s1. The lowest BCUT2D eigenvalue weighted by Crippen LogP contribution is -2.47. The summed E-state index contributed by atoms with van der Waals surface area (Å²) in [6.07, 6.45) is 6.41. The Labute approximate surface area is 180 Å². The fraction of sp³-hybridized carbons (Fsp3) is 0.522. The number of aromatic amines is 1. The van der Waals surface area contributed by atoms with E-state index in [0.717, 1.165) is 37.1 Å². The number of carbonyl (C=O) groups is 1. The first-order valence-corrected chi connectivity index (χ1v) is 11.3. The Morgan fingerprint density at radius 2 is 2.16 bits per heavy atom. The van der Waals surface area contributed by atoms with Crippen LogP contribution in [0.4, 0.5) is 4.39 Å². The number of H-pyrrole nitrogens is 1. The van der Waals surface area contributed by atoms with Crippen molar-refractivity contribution in [1.82, 2.24) is 25.3 Å². The van der Waals surface area contributed by atoms with Crippen LogP contribution in [-0.4, -0.2) is 44.6 Å². The molecule has 31 heavy (non-hydrogen) atoms. The molecule has 2 aromatic heterocycles. The maximum atomic E-state index is 13.5. The van der Waals surface area contributed by atoms with E-state index in [2.05, 4.69) is 26.5 Å². The number of fused-ring (bicyclic) bond motifs is 1. The maximum Gasteiger partial charge on any atom is 0.289 e.